The molecule has 0 aliphatic rings. The van der Waals surface area contributed by atoms with Gasteiger partial charge in [-0.05, 0) is 29.8 Å². The first-order valence-corrected chi connectivity index (χ1v) is 8.53. The maximum absolute atomic E-state index is 14.5. The van der Waals surface area contributed by atoms with Crippen molar-refractivity contribution in [3.05, 3.63) is 91.5 Å². The van der Waals surface area contributed by atoms with Crippen molar-refractivity contribution in [1.82, 2.24) is 9.13 Å². The zero-order valence-electron chi connectivity index (χ0n) is 14.8. The van der Waals surface area contributed by atoms with Crippen molar-refractivity contribution in [3.63, 3.8) is 0 Å². The van der Waals surface area contributed by atoms with Gasteiger partial charge < -0.3 is 4.74 Å². The molecule has 3 aromatic rings. The van der Waals surface area contributed by atoms with Gasteiger partial charge >= 0.3 is 11.9 Å². The SMILES string of the molecule is Cn1c(C(F)(F)F)cc(=O)n(-c2ccc(OCc3ccc(Cl)cc3)cc2F)c1=O. The number of hydrogen-bond donors (Lipinski definition) is 0. The van der Waals surface area contributed by atoms with Crippen LogP contribution < -0.4 is 16.0 Å². The van der Waals surface area contributed by atoms with Crippen LogP contribution in [-0.4, -0.2) is 9.13 Å². The van der Waals surface area contributed by atoms with E-state index < -0.39 is 34.6 Å². The highest BCUT2D eigenvalue weighted by atomic mass is 35.5. The van der Waals surface area contributed by atoms with Gasteiger partial charge in [0.05, 0.1) is 5.69 Å². The van der Waals surface area contributed by atoms with E-state index in [4.69, 9.17) is 16.3 Å². The van der Waals surface area contributed by atoms with E-state index in [9.17, 15) is 27.2 Å². The summed E-state index contributed by atoms with van der Waals surface area (Å²) in [4.78, 5) is 24.3. The van der Waals surface area contributed by atoms with Crippen LogP contribution >= 0.6 is 11.6 Å². The van der Waals surface area contributed by atoms with Crippen molar-refractivity contribution >= 4 is 11.6 Å². The van der Waals surface area contributed by atoms with Gasteiger partial charge in [-0.2, -0.15) is 13.2 Å². The largest absolute Gasteiger partial charge is 0.489 e. The molecule has 5 nitrogen and oxygen atoms in total. The molecule has 0 unspecified atom stereocenters. The molecule has 10 heteroatoms. The first-order valence-electron chi connectivity index (χ1n) is 8.15. The smallest absolute Gasteiger partial charge is 0.431 e. The lowest BCUT2D eigenvalue weighted by molar-refractivity contribution is -0.144. The van der Waals surface area contributed by atoms with E-state index in [1.807, 2.05) is 0 Å². The van der Waals surface area contributed by atoms with Crippen LogP contribution in [0.5, 0.6) is 5.75 Å². The van der Waals surface area contributed by atoms with Crippen LogP contribution in [-0.2, 0) is 19.8 Å². The fourth-order valence-corrected chi connectivity index (χ4v) is 2.75. The predicted molar refractivity (Wildman–Crippen MR) is 98.0 cm³/mol. The molecule has 1 heterocycles. The zero-order valence-corrected chi connectivity index (χ0v) is 15.6. The van der Waals surface area contributed by atoms with E-state index in [1.54, 1.807) is 24.3 Å². The number of halogens is 5. The first-order chi connectivity index (χ1) is 13.6. The van der Waals surface area contributed by atoms with Gasteiger partial charge in [0.25, 0.3) is 5.56 Å². The second kappa shape index (κ2) is 7.75. The summed E-state index contributed by atoms with van der Waals surface area (Å²) >= 11 is 5.79. The highest BCUT2D eigenvalue weighted by Crippen LogP contribution is 2.27. The lowest BCUT2D eigenvalue weighted by Crippen LogP contribution is -2.41. The fourth-order valence-electron chi connectivity index (χ4n) is 2.63. The topological polar surface area (TPSA) is 53.2 Å². The minimum absolute atomic E-state index is 0.109. The summed E-state index contributed by atoms with van der Waals surface area (Å²) in [6.45, 7) is 0.109. The molecular formula is C19H13ClF4N2O3. The first kappa shape index (κ1) is 20.7. The Morgan fingerprint density at radius 2 is 1.69 bits per heavy atom. The Balaban J connectivity index is 1.93. The Kier molecular flexibility index (Phi) is 5.52. The molecule has 0 aliphatic carbocycles. The Morgan fingerprint density at radius 3 is 2.28 bits per heavy atom. The molecule has 0 bridgehead atoms. The summed E-state index contributed by atoms with van der Waals surface area (Å²) in [7, 11) is 0.850. The van der Waals surface area contributed by atoms with E-state index in [-0.39, 0.29) is 23.0 Å². The van der Waals surface area contributed by atoms with E-state index in [0.717, 1.165) is 24.7 Å². The third-order valence-electron chi connectivity index (χ3n) is 4.09. The molecular weight excluding hydrogens is 416 g/mol. The van der Waals surface area contributed by atoms with Crippen LogP contribution in [0.4, 0.5) is 17.6 Å². The van der Waals surface area contributed by atoms with Crippen molar-refractivity contribution in [2.24, 2.45) is 7.05 Å². The van der Waals surface area contributed by atoms with Crippen molar-refractivity contribution in [3.8, 4) is 11.4 Å². The third kappa shape index (κ3) is 4.34. The second-order valence-electron chi connectivity index (χ2n) is 6.07. The number of benzene rings is 2. The average Bonchev–Trinajstić information content (AvgIpc) is 2.65. The van der Waals surface area contributed by atoms with Gasteiger partial charge in [0.15, 0.2) is 5.82 Å². The van der Waals surface area contributed by atoms with Crippen molar-refractivity contribution < 1.29 is 22.3 Å². The molecule has 0 spiro atoms. The maximum Gasteiger partial charge on any atom is 0.431 e. The van der Waals surface area contributed by atoms with Gasteiger partial charge in [0.1, 0.15) is 18.1 Å². The van der Waals surface area contributed by atoms with Crippen molar-refractivity contribution in [2.45, 2.75) is 12.8 Å². The molecule has 2 aromatic carbocycles. The lowest BCUT2D eigenvalue weighted by Gasteiger charge is -2.14. The quantitative estimate of drug-likeness (QED) is 0.592. The van der Waals surface area contributed by atoms with Gasteiger partial charge in [0.2, 0.25) is 0 Å². The molecule has 0 radical (unpaired) electrons. The predicted octanol–water partition coefficient (Wildman–Crippen LogP) is 3.93. The van der Waals surface area contributed by atoms with Gasteiger partial charge in [-0.25, -0.2) is 13.8 Å². The van der Waals surface area contributed by atoms with E-state index in [0.29, 0.717) is 9.59 Å². The standard InChI is InChI=1S/C19H13ClF4N2O3/c1-25-16(19(22,23)24)9-17(27)26(18(25)28)15-7-6-13(8-14(15)21)29-10-11-2-4-12(20)5-3-11/h2-9H,10H2,1H3. The molecule has 0 N–H and O–H groups in total. The molecule has 0 amide bonds. The number of nitrogens with zero attached hydrogens (tertiary/aromatic N) is 2. The Morgan fingerprint density at radius 1 is 1.03 bits per heavy atom. The molecule has 0 fully saturated rings. The van der Waals surface area contributed by atoms with Gasteiger partial charge in [-0.15, -0.1) is 0 Å². The normalized spacial score (nSPS) is 11.5. The summed E-state index contributed by atoms with van der Waals surface area (Å²) in [5.74, 6) is -0.893. The third-order valence-corrected chi connectivity index (χ3v) is 4.34. The molecule has 152 valence electrons. The van der Waals surface area contributed by atoms with Gasteiger partial charge in [-0.1, -0.05) is 23.7 Å². The summed E-state index contributed by atoms with van der Waals surface area (Å²) < 4.78 is 59.3. The van der Waals surface area contributed by atoms with E-state index in [2.05, 4.69) is 0 Å². The summed E-state index contributed by atoms with van der Waals surface area (Å²) in [6, 6.07) is 10.3. The highest BCUT2D eigenvalue weighted by Gasteiger charge is 2.35. The summed E-state index contributed by atoms with van der Waals surface area (Å²) in [6.07, 6.45) is -4.90. The van der Waals surface area contributed by atoms with Crippen LogP contribution in [0.15, 0.2) is 58.1 Å². The lowest BCUT2D eigenvalue weighted by atomic mass is 10.2. The van der Waals surface area contributed by atoms with E-state index in [1.165, 1.54) is 6.07 Å². The molecule has 29 heavy (non-hydrogen) atoms. The molecule has 1 aromatic heterocycles. The monoisotopic (exact) mass is 428 g/mol. The van der Waals surface area contributed by atoms with Crippen molar-refractivity contribution in [2.75, 3.05) is 0 Å². The van der Waals surface area contributed by atoms with Crippen LogP contribution in [0.3, 0.4) is 0 Å². The molecule has 0 saturated carbocycles. The number of hydrogen-bond acceptors (Lipinski definition) is 3. The van der Waals surface area contributed by atoms with E-state index >= 15 is 0 Å². The number of ether oxygens (including phenoxy) is 1. The zero-order chi connectivity index (χ0) is 21.3. The molecule has 0 aliphatic heterocycles. The van der Waals surface area contributed by atoms with Crippen LogP contribution in [0.25, 0.3) is 5.69 Å². The molecule has 0 atom stereocenters. The average molecular weight is 429 g/mol. The van der Waals surface area contributed by atoms with Crippen LogP contribution in [0, 0.1) is 5.82 Å². The molecule has 0 saturated heterocycles. The number of alkyl halides is 3. The minimum atomic E-state index is -4.90. The Hall–Kier alpha value is -3.07. The highest BCUT2D eigenvalue weighted by molar-refractivity contribution is 6.30. The summed E-state index contributed by atoms with van der Waals surface area (Å²) in [5.41, 5.74) is -3.75. The fraction of sp³-hybridized carbons (Fsp3) is 0.158. The number of rotatable bonds is 4. The maximum atomic E-state index is 14.5. The summed E-state index contributed by atoms with van der Waals surface area (Å²) in [5, 5.41) is 0.549. The Labute approximate surface area is 166 Å². The Bertz CT molecular complexity index is 1170. The van der Waals surface area contributed by atoms with Gasteiger partial charge in [-0.3, -0.25) is 9.36 Å². The van der Waals surface area contributed by atoms with Gasteiger partial charge in [0, 0.05) is 24.2 Å². The van der Waals surface area contributed by atoms with Crippen molar-refractivity contribution in [1.29, 1.82) is 0 Å². The van der Waals surface area contributed by atoms with Crippen LogP contribution in [0.1, 0.15) is 11.3 Å². The van der Waals surface area contributed by atoms with Crippen LogP contribution in [0.2, 0.25) is 5.02 Å². The number of aromatic nitrogens is 2. The molecule has 3 rings (SSSR count). The minimum Gasteiger partial charge on any atom is -0.489 e. The second-order valence-corrected chi connectivity index (χ2v) is 6.51.